The number of rotatable bonds is 7. The molecule has 2 aromatic carbocycles. The Balaban J connectivity index is 2.12. The second kappa shape index (κ2) is 8.77. The molecule has 27 heavy (non-hydrogen) atoms. The number of fused-ring (bicyclic) bond motifs is 1. The van der Waals surface area contributed by atoms with Gasteiger partial charge in [0, 0.05) is 13.0 Å². The van der Waals surface area contributed by atoms with Gasteiger partial charge in [-0.15, -0.1) is 0 Å². The Morgan fingerprint density at radius 3 is 2.52 bits per heavy atom. The topological polar surface area (TPSA) is 46.9 Å². The summed E-state index contributed by atoms with van der Waals surface area (Å²) in [4.78, 5) is 17.6. The number of carbonyl (C=O) groups excluding carboxylic acids is 1. The summed E-state index contributed by atoms with van der Waals surface area (Å²) in [5.41, 5.74) is 2.71. The van der Waals surface area contributed by atoms with Crippen molar-refractivity contribution in [1.82, 2.24) is 14.9 Å². The van der Waals surface area contributed by atoms with Gasteiger partial charge in [-0.3, -0.25) is 4.79 Å². The lowest BCUT2D eigenvalue weighted by Gasteiger charge is -2.20. The molecular formula is C21H23Cl2N3O. The predicted molar refractivity (Wildman–Crippen MR) is 112 cm³/mol. The highest BCUT2D eigenvalue weighted by Gasteiger charge is 2.24. The molecule has 0 saturated heterocycles. The van der Waals surface area contributed by atoms with Crippen molar-refractivity contribution in [1.29, 1.82) is 0 Å². The number of carbonyl (C=O) groups is 1. The van der Waals surface area contributed by atoms with Crippen molar-refractivity contribution in [2.24, 2.45) is 0 Å². The number of imidazole rings is 1. The van der Waals surface area contributed by atoms with E-state index in [0.29, 0.717) is 29.4 Å². The minimum atomic E-state index is -0.350. The highest BCUT2D eigenvalue weighted by molar-refractivity contribution is 6.42. The van der Waals surface area contributed by atoms with Crippen LogP contribution < -0.4 is 5.32 Å². The molecule has 1 N–H and O–H groups in total. The smallest absolute Gasteiger partial charge is 0.243 e. The lowest BCUT2D eigenvalue weighted by molar-refractivity contribution is -0.124. The summed E-state index contributed by atoms with van der Waals surface area (Å²) < 4.78 is 2.01. The number of halogens is 2. The lowest BCUT2D eigenvalue weighted by atomic mass is 10.1. The van der Waals surface area contributed by atoms with Crippen LogP contribution in [0.5, 0.6) is 0 Å². The van der Waals surface area contributed by atoms with Crippen LogP contribution >= 0.6 is 23.2 Å². The van der Waals surface area contributed by atoms with Crippen molar-refractivity contribution in [2.75, 3.05) is 6.54 Å². The van der Waals surface area contributed by atoms with Gasteiger partial charge in [0.1, 0.15) is 11.9 Å². The van der Waals surface area contributed by atoms with Gasteiger partial charge in [0.25, 0.3) is 0 Å². The number of nitrogens with one attached hydrogen (secondary N) is 1. The molecule has 142 valence electrons. The molecular weight excluding hydrogens is 381 g/mol. The molecule has 4 nitrogen and oxygen atoms in total. The van der Waals surface area contributed by atoms with Gasteiger partial charge < -0.3 is 9.88 Å². The van der Waals surface area contributed by atoms with Gasteiger partial charge in [0.05, 0.1) is 21.1 Å². The van der Waals surface area contributed by atoms with E-state index in [1.54, 1.807) is 12.1 Å². The fourth-order valence-electron chi connectivity index (χ4n) is 3.24. The van der Waals surface area contributed by atoms with E-state index >= 15 is 0 Å². The van der Waals surface area contributed by atoms with Crippen LogP contribution in [-0.4, -0.2) is 22.0 Å². The van der Waals surface area contributed by atoms with Gasteiger partial charge in [-0.25, -0.2) is 4.98 Å². The first-order chi connectivity index (χ1) is 13.0. The summed E-state index contributed by atoms with van der Waals surface area (Å²) >= 11 is 12.5. The monoisotopic (exact) mass is 403 g/mol. The van der Waals surface area contributed by atoms with Crippen LogP contribution in [0.1, 0.15) is 44.1 Å². The highest BCUT2D eigenvalue weighted by atomic mass is 35.5. The SMILES string of the molecule is CCCNC(=O)C(CC)n1c(Cc2ccccc2)nc2cc(Cl)c(Cl)cc21. The summed E-state index contributed by atoms with van der Waals surface area (Å²) in [7, 11) is 0. The average Bonchev–Trinajstić information content (AvgIpc) is 2.99. The van der Waals surface area contributed by atoms with Crippen LogP contribution in [0.2, 0.25) is 10.0 Å². The molecule has 1 aromatic heterocycles. The van der Waals surface area contributed by atoms with E-state index < -0.39 is 0 Å². The summed E-state index contributed by atoms with van der Waals surface area (Å²) in [5.74, 6) is 0.826. The number of nitrogens with zero attached hydrogens (tertiary/aromatic N) is 2. The molecule has 1 amide bonds. The van der Waals surface area contributed by atoms with Gasteiger partial charge in [0.15, 0.2) is 0 Å². The predicted octanol–water partition coefficient (Wildman–Crippen LogP) is 5.41. The number of amides is 1. The summed E-state index contributed by atoms with van der Waals surface area (Å²) in [6, 6.07) is 13.3. The van der Waals surface area contributed by atoms with Gasteiger partial charge in [0.2, 0.25) is 5.91 Å². The van der Waals surface area contributed by atoms with Crippen molar-refractivity contribution in [3.63, 3.8) is 0 Å². The van der Waals surface area contributed by atoms with Crippen LogP contribution in [0, 0.1) is 0 Å². The minimum absolute atomic E-state index is 0.000894. The van der Waals surface area contributed by atoms with Gasteiger partial charge in [-0.05, 0) is 30.5 Å². The van der Waals surface area contributed by atoms with Crippen molar-refractivity contribution in [2.45, 2.75) is 39.2 Å². The van der Waals surface area contributed by atoms with Gasteiger partial charge >= 0.3 is 0 Å². The fraction of sp³-hybridized carbons (Fsp3) is 0.333. The standard InChI is InChI=1S/C21H23Cl2N3O/c1-3-10-24-21(27)18(4-2)26-19-13-16(23)15(22)12-17(19)25-20(26)11-14-8-6-5-7-9-14/h5-9,12-13,18H,3-4,10-11H2,1-2H3,(H,24,27). The van der Waals surface area contributed by atoms with E-state index in [-0.39, 0.29) is 11.9 Å². The third kappa shape index (κ3) is 4.28. The first-order valence-corrected chi connectivity index (χ1v) is 9.98. The van der Waals surface area contributed by atoms with Gasteiger partial charge in [-0.1, -0.05) is 67.4 Å². The van der Waals surface area contributed by atoms with Crippen LogP contribution in [0.4, 0.5) is 0 Å². The Bertz CT molecular complexity index is 937. The summed E-state index contributed by atoms with van der Waals surface area (Å²) in [6.07, 6.45) is 2.18. The van der Waals surface area contributed by atoms with Crippen LogP contribution in [0.25, 0.3) is 11.0 Å². The third-order valence-electron chi connectivity index (χ3n) is 4.56. The Morgan fingerprint density at radius 2 is 1.85 bits per heavy atom. The van der Waals surface area contributed by atoms with E-state index in [0.717, 1.165) is 28.8 Å². The van der Waals surface area contributed by atoms with Crippen LogP contribution in [0.15, 0.2) is 42.5 Å². The van der Waals surface area contributed by atoms with Crippen molar-refractivity contribution in [3.8, 4) is 0 Å². The number of aromatic nitrogens is 2. The fourth-order valence-corrected chi connectivity index (χ4v) is 3.56. The first kappa shape index (κ1) is 19.7. The minimum Gasteiger partial charge on any atom is -0.354 e. The molecule has 6 heteroatoms. The maximum Gasteiger partial charge on any atom is 0.243 e. The highest BCUT2D eigenvalue weighted by Crippen LogP contribution is 2.31. The maximum absolute atomic E-state index is 12.8. The molecule has 0 fully saturated rings. The molecule has 0 aliphatic rings. The zero-order chi connectivity index (χ0) is 19.4. The molecule has 1 atom stereocenters. The first-order valence-electron chi connectivity index (χ1n) is 9.22. The zero-order valence-electron chi connectivity index (χ0n) is 15.5. The summed E-state index contributed by atoms with van der Waals surface area (Å²) in [5, 5.41) is 3.93. The number of benzene rings is 2. The second-order valence-corrected chi connectivity index (χ2v) is 7.34. The molecule has 0 saturated carbocycles. The Kier molecular flexibility index (Phi) is 6.40. The largest absolute Gasteiger partial charge is 0.354 e. The Labute approximate surface area is 169 Å². The molecule has 0 spiro atoms. The maximum atomic E-state index is 12.8. The van der Waals surface area contributed by atoms with E-state index in [2.05, 4.69) is 17.4 Å². The average molecular weight is 404 g/mol. The zero-order valence-corrected chi connectivity index (χ0v) is 17.0. The molecule has 1 unspecified atom stereocenters. The Hall–Kier alpha value is -2.04. The number of hydrogen-bond acceptors (Lipinski definition) is 2. The Morgan fingerprint density at radius 1 is 1.15 bits per heavy atom. The van der Waals surface area contributed by atoms with Crippen LogP contribution in [-0.2, 0) is 11.2 Å². The van der Waals surface area contributed by atoms with E-state index in [9.17, 15) is 4.79 Å². The molecule has 0 aliphatic carbocycles. The van der Waals surface area contributed by atoms with Crippen molar-refractivity contribution >= 4 is 40.1 Å². The molecule has 3 rings (SSSR count). The molecule has 0 radical (unpaired) electrons. The van der Waals surface area contributed by atoms with E-state index in [1.807, 2.05) is 36.6 Å². The third-order valence-corrected chi connectivity index (χ3v) is 5.28. The quantitative estimate of drug-likeness (QED) is 0.572. The second-order valence-electron chi connectivity index (χ2n) is 6.53. The molecule has 0 aliphatic heterocycles. The number of hydrogen-bond donors (Lipinski definition) is 1. The molecule has 1 heterocycles. The van der Waals surface area contributed by atoms with Crippen molar-refractivity contribution < 1.29 is 4.79 Å². The normalized spacial score (nSPS) is 12.3. The molecule has 3 aromatic rings. The van der Waals surface area contributed by atoms with Gasteiger partial charge in [-0.2, -0.15) is 0 Å². The van der Waals surface area contributed by atoms with Crippen molar-refractivity contribution in [3.05, 3.63) is 63.9 Å². The van der Waals surface area contributed by atoms with E-state index in [4.69, 9.17) is 28.2 Å². The van der Waals surface area contributed by atoms with Crippen LogP contribution in [0.3, 0.4) is 0 Å². The molecule has 0 bridgehead atoms. The lowest BCUT2D eigenvalue weighted by Crippen LogP contribution is -2.33. The summed E-state index contributed by atoms with van der Waals surface area (Å²) in [6.45, 7) is 4.70. The van der Waals surface area contributed by atoms with E-state index in [1.165, 1.54) is 0 Å².